The van der Waals surface area contributed by atoms with Crippen LogP contribution in [0.5, 0.6) is 0 Å². The molecule has 3 rings (SSSR count). The molecule has 0 atom stereocenters. The van der Waals surface area contributed by atoms with Gasteiger partial charge in [-0.3, -0.25) is 9.59 Å². The van der Waals surface area contributed by atoms with E-state index in [0.29, 0.717) is 23.7 Å². The molecule has 2 amide bonds. The molecule has 0 unspecified atom stereocenters. The Bertz CT molecular complexity index is 1570. The van der Waals surface area contributed by atoms with Crippen molar-refractivity contribution in [3.8, 4) is 0 Å². The highest BCUT2D eigenvalue weighted by Gasteiger charge is 2.47. The van der Waals surface area contributed by atoms with Crippen LogP contribution in [0, 0.1) is 0 Å². The number of nitrogens with zero attached hydrogens (tertiary/aromatic N) is 1. The standard InChI is InChI=1S/C17H27NO3S.C16H26N2O3S2/c1-12(2)22(20,21)17(6,7)15(19)18-14-10-8-9-13(11-14)16(3,4)5;1-15(2,3)12-10-22-14(17-12)18-13(19)16(4,5)23(20,21)11-8-6-7-9-11/h8-12H,1-7H3,(H,18,19);10-11H,6-9H2,1-5H3,(H,17,18,19). The van der Waals surface area contributed by atoms with Gasteiger partial charge in [-0.25, -0.2) is 21.8 Å². The van der Waals surface area contributed by atoms with Crippen molar-refractivity contribution in [2.45, 2.75) is 140 Å². The largest absolute Gasteiger partial charge is 0.325 e. The number of nitrogens with one attached hydrogen (secondary N) is 2. The van der Waals surface area contributed by atoms with E-state index in [2.05, 4.69) is 36.4 Å². The minimum Gasteiger partial charge on any atom is -0.325 e. The maximum absolute atomic E-state index is 12.8. The molecule has 0 saturated heterocycles. The second-order valence-corrected chi connectivity index (χ2v) is 21.8. The predicted molar refractivity (Wildman–Crippen MR) is 187 cm³/mol. The zero-order chi connectivity index (χ0) is 34.8. The van der Waals surface area contributed by atoms with Gasteiger partial charge < -0.3 is 10.6 Å². The van der Waals surface area contributed by atoms with Crippen LogP contribution in [0.2, 0.25) is 0 Å². The summed E-state index contributed by atoms with van der Waals surface area (Å²) in [6.07, 6.45) is 3.15. The maximum atomic E-state index is 12.8. The Balaban J connectivity index is 0.000000314. The Labute approximate surface area is 275 Å². The number of aromatic nitrogens is 1. The number of hydrogen-bond donors (Lipinski definition) is 2. The van der Waals surface area contributed by atoms with Gasteiger partial charge in [-0.2, -0.15) is 0 Å². The zero-order valence-corrected chi connectivity index (χ0v) is 31.4. The third-order valence-corrected chi connectivity index (χ3v) is 14.9. The van der Waals surface area contributed by atoms with E-state index in [0.717, 1.165) is 24.1 Å². The number of thiazole rings is 1. The van der Waals surface area contributed by atoms with Gasteiger partial charge in [0.15, 0.2) is 24.8 Å². The van der Waals surface area contributed by atoms with Crippen LogP contribution in [-0.2, 0) is 40.1 Å². The van der Waals surface area contributed by atoms with Gasteiger partial charge in [0.25, 0.3) is 0 Å². The van der Waals surface area contributed by atoms with Gasteiger partial charge in [0.05, 0.1) is 16.2 Å². The number of hydrogen-bond acceptors (Lipinski definition) is 8. The lowest BCUT2D eigenvalue weighted by Gasteiger charge is -2.26. The van der Waals surface area contributed by atoms with Crippen LogP contribution in [0.25, 0.3) is 0 Å². The van der Waals surface area contributed by atoms with Crippen LogP contribution in [0.3, 0.4) is 0 Å². The Hall–Kier alpha value is -2.31. The van der Waals surface area contributed by atoms with Gasteiger partial charge in [-0.15, -0.1) is 11.3 Å². The van der Waals surface area contributed by atoms with Gasteiger partial charge in [0.1, 0.15) is 9.49 Å². The summed E-state index contributed by atoms with van der Waals surface area (Å²) in [6, 6.07) is 7.51. The van der Waals surface area contributed by atoms with E-state index in [1.165, 1.54) is 39.0 Å². The fraction of sp³-hybridized carbons (Fsp3) is 0.667. The Morgan fingerprint density at radius 2 is 1.36 bits per heavy atom. The number of benzene rings is 1. The number of carbonyl (C=O) groups is 2. The molecule has 254 valence electrons. The summed E-state index contributed by atoms with van der Waals surface area (Å²) in [4.78, 5) is 29.4. The van der Waals surface area contributed by atoms with Crippen molar-refractivity contribution in [3.05, 3.63) is 40.9 Å². The van der Waals surface area contributed by atoms with Crippen LogP contribution in [0.4, 0.5) is 10.8 Å². The summed E-state index contributed by atoms with van der Waals surface area (Å²) in [5.74, 6) is -1.01. The van der Waals surface area contributed by atoms with E-state index in [1.54, 1.807) is 19.9 Å². The minimum atomic E-state index is -3.55. The summed E-state index contributed by atoms with van der Waals surface area (Å²) in [6.45, 7) is 21.4. The molecule has 1 aromatic heterocycles. The monoisotopic (exact) mass is 683 g/mol. The van der Waals surface area contributed by atoms with Crippen LogP contribution in [0.15, 0.2) is 29.6 Å². The van der Waals surface area contributed by atoms with Gasteiger partial charge in [-0.05, 0) is 77.5 Å². The van der Waals surface area contributed by atoms with E-state index in [4.69, 9.17) is 0 Å². The quantitative estimate of drug-likeness (QED) is 0.304. The van der Waals surface area contributed by atoms with Crippen LogP contribution < -0.4 is 10.6 Å². The van der Waals surface area contributed by atoms with Gasteiger partial charge >= 0.3 is 0 Å². The second kappa shape index (κ2) is 13.8. The second-order valence-electron chi connectivity index (χ2n) is 15.1. The molecule has 2 N–H and O–H groups in total. The van der Waals surface area contributed by atoms with Crippen LogP contribution in [0.1, 0.15) is 120 Å². The first kappa shape index (κ1) is 38.9. The molecule has 0 aliphatic heterocycles. The van der Waals surface area contributed by atoms with Crippen molar-refractivity contribution < 1.29 is 26.4 Å². The van der Waals surface area contributed by atoms with Gasteiger partial charge in [0.2, 0.25) is 11.8 Å². The average Bonchev–Trinajstić information content (AvgIpc) is 3.61. The van der Waals surface area contributed by atoms with Crippen molar-refractivity contribution in [1.29, 1.82) is 0 Å². The predicted octanol–water partition coefficient (Wildman–Crippen LogP) is 7.04. The number of anilines is 2. The van der Waals surface area contributed by atoms with E-state index in [-0.39, 0.29) is 10.8 Å². The first-order valence-electron chi connectivity index (χ1n) is 15.4. The van der Waals surface area contributed by atoms with Crippen molar-refractivity contribution in [1.82, 2.24) is 4.98 Å². The smallest absolute Gasteiger partial charge is 0.247 e. The van der Waals surface area contributed by atoms with Crippen molar-refractivity contribution in [2.75, 3.05) is 10.6 Å². The Kier molecular flexibility index (Phi) is 11.9. The molecule has 9 nitrogen and oxygen atoms in total. The van der Waals surface area contributed by atoms with Gasteiger partial charge in [0, 0.05) is 16.5 Å². The van der Waals surface area contributed by atoms with Crippen molar-refractivity contribution in [3.63, 3.8) is 0 Å². The fourth-order valence-electron chi connectivity index (χ4n) is 4.73. The summed E-state index contributed by atoms with van der Waals surface area (Å²) in [5.41, 5.74) is 2.43. The molecule has 12 heteroatoms. The normalized spacial score (nSPS) is 15.4. The topological polar surface area (TPSA) is 139 Å². The van der Waals surface area contributed by atoms with E-state index in [9.17, 15) is 26.4 Å². The first-order valence-corrected chi connectivity index (χ1v) is 19.4. The third kappa shape index (κ3) is 8.94. The molecule has 45 heavy (non-hydrogen) atoms. The molecule has 1 aromatic carbocycles. The molecule has 1 fully saturated rings. The van der Waals surface area contributed by atoms with Crippen molar-refractivity contribution in [2.24, 2.45) is 0 Å². The molecule has 0 spiro atoms. The molecular formula is C33H53N3O6S3. The Morgan fingerprint density at radius 1 is 0.822 bits per heavy atom. The van der Waals surface area contributed by atoms with Crippen molar-refractivity contribution >= 4 is 53.6 Å². The highest BCUT2D eigenvalue weighted by Crippen LogP contribution is 2.34. The first-order chi connectivity index (χ1) is 20.3. The minimum absolute atomic E-state index is 0.0414. The third-order valence-electron chi connectivity index (χ3n) is 8.36. The molecule has 0 radical (unpaired) electrons. The maximum Gasteiger partial charge on any atom is 0.247 e. The number of carbonyl (C=O) groups excluding carboxylic acids is 2. The SMILES string of the molecule is CC(C)(C)c1csc(NC(=O)C(C)(C)S(=O)(=O)C2CCCC2)n1.CC(C)S(=O)(=O)C(C)(C)C(=O)Nc1cccc(C(C)(C)C)c1. The number of rotatable bonds is 8. The van der Waals surface area contributed by atoms with E-state index >= 15 is 0 Å². The van der Waals surface area contributed by atoms with Crippen LogP contribution >= 0.6 is 11.3 Å². The van der Waals surface area contributed by atoms with E-state index in [1.807, 2.05) is 44.4 Å². The lowest BCUT2D eigenvalue weighted by Crippen LogP contribution is -2.48. The number of amides is 2. The molecule has 1 aliphatic rings. The average molecular weight is 684 g/mol. The zero-order valence-electron chi connectivity index (χ0n) is 29.0. The highest BCUT2D eigenvalue weighted by atomic mass is 32.2. The molecule has 2 aromatic rings. The molecule has 1 saturated carbocycles. The lowest BCUT2D eigenvalue weighted by molar-refractivity contribution is -0.118. The molecular weight excluding hydrogens is 631 g/mol. The van der Waals surface area contributed by atoms with E-state index < -0.39 is 51.5 Å². The Morgan fingerprint density at radius 3 is 1.82 bits per heavy atom. The lowest BCUT2D eigenvalue weighted by atomic mass is 9.87. The summed E-state index contributed by atoms with van der Waals surface area (Å²) < 4.78 is 47.3. The summed E-state index contributed by atoms with van der Waals surface area (Å²) >= 11 is 1.33. The fourth-order valence-corrected chi connectivity index (χ4v) is 9.25. The molecule has 1 aliphatic carbocycles. The number of sulfone groups is 2. The molecule has 0 bridgehead atoms. The molecule has 1 heterocycles. The summed E-state index contributed by atoms with van der Waals surface area (Å²) in [5, 5.41) is 6.78. The van der Waals surface area contributed by atoms with Gasteiger partial charge in [-0.1, -0.05) is 66.5 Å². The summed E-state index contributed by atoms with van der Waals surface area (Å²) in [7, 11) is -7.06. The highest BCUT2D eigenvalue weighted by molar-refractivity contribution is 7.94. The van der Waals surface area contributed by atoms with Crippen LogP contribution in [-0.4, -0.2) is 53.6 Å².